The molecule has 0 bridgehead atoms. The SMILES string of the molecule is COCC(=O)Nc1cccc(NC(=O)N2CCN(S(=O)(=O)c3c(C)noc3C)CC2)c1. The molecule has 1 saturated heterocycles. The molecule has 3 amide bonds. The van der Waals surface area contributed by atoms with Crippen molar-refractivity contribution in [1.82, 2.24) is 14.4 Å². The van der Waals surface area contributed by atoms with Crippen molar-refractivity contribution in [3.05, 3.63) is 35.7 Å². The molecule has 2 aromatic rings. The highest BCUT2D eigenvalue weighted by atomic mass is 32.2. The largest absolute Gasteiger partial charge is 0.375 e. The van der Waals surface area contributed by atoms with Gasteiger partial charge in [-0.15, -0.1) is 0 Å². The molecule has 0 atom stereocenters. The number of amides is 3. The van der Waals surface area contributed by atoms with E-state index < -0.39 is 10.0 Å². The van der Waals surface area contributed by atoms with Gasteiger partial charge in [0.1, 0.15) is 17.2 Å². The lowest BCUT2D eigenvalue weighted by Crippen LogP contribution is -2.51. The molecule has 2 N–H and O–H groups in total. The first-order chi connectivity index (χ1) is 14.7. The van der Waals surface area contributed by atoms with Gasteiger partial charge >= 0.3 is 6.03 Å². The third-order valence-electron chi connectivity index (χ3n) is 4.76. The van der Waals surface area contributed by atoms with Crippen molar-refractivity contribution in [2.24, 2.45) is 0 Å². The summed E-state index contributed by atoms with van der Waals surface area (Å²) in [6.45, 7) is 3.86. The Kier molecular flexibility index (Phi) is 6.93. The summed E-state index contributed by atoms with van der Waals surface area (Å²) in [7, 11) is -2.32. The van der Waals surface area contributed by atoms with Gasteiger partial charge in [0.05, 0.1) is 0 Å². The zero-order chi connectivity index (χ0) is 22.6. The van der Waals surface area contributed by atoms with Crippen LogP contribution in [0.2, 0.25) is 0 Å². The Hall–Kier alpha value is -2.96. The van der Waals surface area contributed by atoms with E-state index in [-0.39, 0.29) is 55.4 Å². The topological polar surface area (TPSA) is 134 Å². The number of benzene rings is 1. The minimum absolute atomic E-state index is 0.0717. The average Bonchev–Trinajstić information content (AvgIpc) is 3.07. The molecule has 31 heavy (non-hydrogen) atoms. The summed E-state index contributed by atoms with van der Waals surface area (Å²) in [5.41, 5.74) is 1.34. The zero-order valence-electron chi connectivity index (χ0n) is 17.5. The fourth-order valence-corrected chi connectivity index (χ4v) is 5.02. The summed E-state index contributed by atoms with van der Waals surface area (Å²) in [6.07, 6.45) is 0. The van der Waals surface area contributed by atoms with E-state index in [1.54, 1.807) is 38.1 Å². The van der Waals surface area contributed by atoms with Crippen molar-refractivity contribution < 1.29 is 27.3 Å². The number of hydrogen-bond acceptors (Lipinski definition) is 7. The van der Waals surface area contributed by atoms with Crippen LogP contribution in [-0.2, 0) is 19.6 Å². The van der Waals surface area contributed by atoms with E-state index in [9.17, 15) is 18.0 Å². The average molecular weight is 452 g/mol. The van der Waals surface area contributed by atoms with E-state index in [2.05, 4.69) is 15.8 Å². The molecule has 2 heterocycles. The van der Waals surface area contributed by atoms with Crippen LogP contribution in [0.3, 0.4) is 0 Å². The van der Waals surface area contributed by atoms with Gasteiger partial charge in [-0.1, -0.05) is 11.2 Å². The lowest BCUT2D eigenvalue weighted by molar-refractivity contribution is -0.119. The third kappa shape index (κ3) is 5.21. The maximum atomic E-state index is 12.9. The molecule has 168 valence electrons. The molecule has 12 heteroatoms. The van der Waals surface area contributed by atoms with Crippen molar-refractivity contribution in [2.45, 2.75) is 18.7 Å². The van der Waals surface area contributed by atoms with Gasteiger partial charge in [-0.25, -0.2) is 13.2 Å². The number of carbonyl (C=O) groups excluding carboxylic acids is 2. The zero-order valence-corrected chi connectivity index (χ0v) is 18.4. The summed E-state index contributed by atoms with van der Waals surface area (Å²) < 4.78 is 36.9. The monoisotopic (exact) mass is 451 g/mol. The predicted molar refractivity (Wildman–Crippen MR) is 112 cm³/mol. The van der Waals surface area contributed by atoms with Crippen molar-refractivity contribution in [1.29, 1.82) is 0 Å². The van der Waals surface area contributed by atoms with Gasteiger partial charge in [0.2, 0.25) is 15.9 Å². The maximum absolute atomic E-state index is 12.9. The standard InChI is InChI=1S/C19H25N5O6S/c1-13-18(14(2)30-22-13)31(27,28)24-9-7-23(8-10-24)19(26)21-16-6-4-5-15(11-16)20-17(25)12-29-3/h4-6,11H,7-10,12H2,1-3H3,(H,20,25)(H,21,26). The highest BCUT2D eigenvalue weighted by Gasteiger charge is 2.34. The number of nitrogens with zero attached hydrogens (tertiary/aromatic N) is 3. The smallest absolute Gasteiger partial charge is 0.321 e. The Morgan fingerprint density at radius 1 is 1.13 bits per heavy atom. The number of ether oxygens (including phenoxy) is 1. The fraction of sp³-hybridized carbons (Fsp3) is 0.421. The van der Waals surface area contributed by atoms with Crippen LogP contribution in [0.1, 0.15) is 11.5 Å². The molecule has 0 radical (unpaired) electrons. The van der Waals surface area contributed by atoms with E-state index in [0.29, 0.717) is 17.1 Å². The van der Waals surface area contributed by atoms with Crippen LogP contribution in [0.25, 0.3) is 0 Å². The number of nitrogens with one attached hydrogen (secondary N) is 2. The normalized spacial score (nSPS) is 15.0. The molecule has 3 rings (SSSR count). The van der Waals surface area contributed by atoms with Crippen LogP contribution in [0, 0.1) is 13.8 Å². The fourth-order valence-electron chi connectivity index (χ4n) is 3.31. The third-order valence-corrected chi connectivity index (χ3v) is 6.91. The Bertz CT molecular complexity index is 1040. The first-order valence-corrected chi connectivity index (χ1v) is 11.0. The van der Waals surface area contributed by atoms with E-state index in [1.165, 1.54) is 16.3 Å². The number of urea groups is 1. The first kappa shape index (κ1) is 22.7. The number of sulfonamides is 1. The minimum atomic E-state index is -3.74. The maximum Gasteiger partial charge on any atom is 0.321 e. The van der Waals surface area contributed by atoms with Crippen molar-refractivity contribution in [3.8, 4) is 0 Å². The summed E-state index contributed by atoms with van der Waals surface area (Å²) in [6, 6.07) is 6.37. The van der Waals surface area contributed by atoms with Crippen LogP contribution in [-0.4, -0.2) is 74.6 Å². The van der Waals surface area contributed by atoms with E-state index in [1.807, 2.05) is 0 Å². The molecule has 1 aromatic carbocycles. The molecule has 1 aliphatic heterocycles. The number of hydrogen-bond donors (Lipinski definition) is 2. The Morgan fingerprint density at radius 3 is 2.35 bits per heavy atom. The number of carbonyl (C=O) groups is 2. The number of rotatable bonds is 6. The summed E-state index contributed by atoms with van der Waals surface area (Å²) in [5, 5.41) is 9.15. The molecule has 0 saturated carbocycles. The predicted octanol–water partition coefficient (Wildman–Crippen LogP) is 1.41. The lowest BCUT2D eigenvalue weighted by atomic mass is 10.2. The minimum Gasteiger partial charge on any atom is -0.375 e. The van der Waals surface area contributed by atoms with Crippen molar-refractivity contribution >= 4 is 33.3 Å². The lowest BCUT2D eigenvalue weighted by Gasteiger charge is -2.33. The summed E-state index contributed by atoms with van der Waals surface area (Å²) in [4.78, 5) is 25.9. The second-order valence-electron chi connectivity index (χ2n) is 7.04. The molecule has 1 aliphatic rings. The number of piperazine rings is 1. The summed E-state index contributed by atoms with van der Waals surface area (Å²) in [5.74, 6) is -0.0586. The second-order valence-corrected chi connectivity index (χ2v) is 8.91. The van der Waals surface area contributed by atoms with Crippen molar-refractivity contribution in [3.63, 3.8) is 0 Å². The number of methoxy groups -OCH3 is 1. The van der Waals surface area contributed by atoms with Crippen LogP contribution in [0.15, 0.2) is 33.7 Å². The van der Waals surface area contributed by atoms with E-state index in [4.69, 9.17) is 9.26 Å². The summed E-state index contributed by atoms with van der Waals surface area (Å²) >= 11 is 0. The molecule has 0 aliphatic carbocycles. The molecular formula is C19H25N5O6S. The van der Waals surface area contributed by atoms with Gasteiger partial charge in [-0.05, 0) is 32.0 Å². The Balaban J connectivity index is 1.59. The van der Waals surface area contributed by atoms with Crippen LogP contribution < -0.4 is 10.6 Å². The molecule has 0 unspecified atom stereocenters. The van der Waals surface area contributed by atoms with Crippen molar-refractivity contribution in [2.75, 3.05) is 50.5 Å². The van der Waals surface area contributed by atoms with Crippen LogP contribution in [0.5, 0.6) is 0 Å². The number of aromatic nitrogens is 1. The highest BCUT2D eigenvalue weighted by molar-refractivity contribution is 7.89. The first-order valence-electron chi connectivity index (χ1n) is 9.60. The van der Waals surface area contributed by atoms with Gasteiger partial charge in [0.15, 0.2) is 5.76 Å². The van der Waals surface area contributed by atoms with Gasteiger partial charge in [-0.3, -0.25) is 4.79 Å². The molecular weight excluding hydrogens is 426 g/mol. The van der Waals surface area contributed by atoms with E-state index in [0.717, 1.165) is 0 Å². The van der Waals surface area contributed by atoms with Crippen LogP contribution >= 0.6 is 0 Å². The molecule has 0 spiro atoms. The number of aryl methyl sites for hydroxylation is 2. The Labute approximate surface area is 180 Å². The van der Waals surface area contributed by atoms with E-state index >= 15 is 0 Å². The van der Waals surface area contributed by atoms with Crippen LogP contribution in [0.4, 0.5) is 16.2 Å². The quantitative estimate of drug-likeness (QED) is 0.678. The molecule has 1 aromatic heterocycles. The number of anilines is 2. The van der Waals surface area contributed by atoms with Gasteiger partial charge in [0, 0.05) is 44.7 Å². The second kappa shape index (κ2) is 9.45. The molecule has 11 nitrogen and oxygen atoms in total. The van der Waals surface area contributed by atoms with Gasteiger partial charge in [-0.2, -0.15) is 4.31 Å². The molecule has 1 fully saturated rings. The Morgan fingerprint density at radius 2 is 1.77 bits per heavy atom. The highest BCUT2D eigenvalue weighted by Crippen LogP contribution is 2.24. The van der Waals surface area contributed by atoms with Gasteiger partial charge in [0.25, 0.3) is 0 Å². The van der Waals surface area contributed by atoms with Gasteiger partial charge < -0.3 is 24.8 Å².